The largest absolute Gasteiger partial charge is 0.508 e. The Morgan fingerprint density at radius 1 is 1.26 bits per heavy atom. The average Bonchev–Trinajstić information content (AvgIpc) is 3.14. The number of carbonyl (C=O) groups excluding carboxylic acids is 1. The van der Waals surface area contributed by atoms with Gasteiger partial charge in [0.1, 0.15) is 11.5 Å². The molecule has 0 spiro atoms. The number of phenols is 1. The second-order valence-corrected chi connectivity index (χ2v) is 6.53. The Balaban J connectivity index is 1.45. The van der Waals surface area contributed by atoms with E-state index in [2.05, 4.69) is 10.2 Å². The van der Waals surface area contributed by atoms with E-state index in [4.69, 9.17) is 4.42 Å². The van der Waals surface area contributed by atoms with Crippen molar-refractivity contribution in [2.75, 3.05) is 19.6 Å². The van der Waals surface area contributed by atoms with Crippen molar-refractivity contribution < 1.29 is 14.3 Å². The van der Waals surface area contributed by atoms with Crippen LogP contribution in [-0.4, -0.2) is 41.6 Å². The predicted molar refractivity (Wildman–Crippen MR) is 86.2 cm³/mol. The van der Waals surface area contributed by atoms with Gasteiger partial charge in [-0.3, -0.25) is 4.79 Å². The van der Waals surface area contributed by atoms with E-state index in [0.29, 0.717) is 17.4 Å². The number of carbonyl (C=O) groups is 1. The Labute approximate surface area is 134 Å². The van der Waals surface area contributed by atoms with Gasteiger partial charge in [-0.25, -0.2) is 0 Å². The Hall–Kier alpha value is -2.27. The summed E-state index contributed by atoms with van der Waals surface area (Å²) < 4.78 is 5.66. The highest BCUT2D eigenvalue weighted by atomic mass is 16.4. The summed E-state index contributed by atoms with van der Waals surface area (Å²) in [6, 6.07) is 10.5. The number of furan rings is 1. The smallest absolute Gasteiger partial charge is 0.287 e. The molecule has 2 aliphatic rings. The van der Waals surface area contributed by atoms with Crippen LogP contribution in [0.3, 0.4) is 0 Å². The van der Waals surface area contributed by atoms with E-state index >= 15 is 0 Å². The number of rotatable bonds is 3. The first-order valence-electron chi connectivity index (χ1n) is 8.10. The summed E-state index contributed by atoms with van der Waals surface area (Å²) >= 11 is 0. The van der Waals surface area contributed by atoms with Gasteiger partial charge < -0.3 is 19.7 Å². The van der Waals surface area contributed by atoms with Crippen LogP contribution in [0.2, 0.25) is 0 Å². The van der Waals surface area contributed by atoms with Crippen molar-refractivity contribution in [3.63, 3.8) is 0 Å². The third kappa shape index (κ3) is 2.97. The van der Waals surface area contributed by atoms with Crippen LogP contribution in [0.4, 0.5) is 0 Å². The maximum atomic E-state index is 12.4. The van der Waals surface area contributed by atoms with E-state index in [1.807, 2.05) is 6.07 Å². The fraction of sp³-hybridized carbons (Fsp3) is 0.389. The molecule has 1 aromatic heterocycles. The molecule has 5 heteroatoms. The van der Waals surface area contributed by atoms with Crippen LogP contribution in [0.25, 0.3) is 11.3 Å². The molecule has 4 rings (SSSR count). The summed E-state index contributed by atoms with van der Waals surface area (Å²) in [4.78, 5) is 14.8. The predicted octanol–water partition coefficient (Wildman–Crippen LogP) is 2.48. The zero-order valence-electron chi connectivity index (χ0n) is 12.9. The van der Waals surface area contributed by atoms with Gasteiger partial charge in [-0.05, 0) is 49.6 Å². The summed E-state index contributed by atoms with van der Waals surface area (Å²) in [5.74, 6) is 1.63. The van der Waals surface area contributed by atoms with E-state index in [1.54, 1.807) is 30.3 Å². The second-order valence-electron chi connectivity index (χ2n) is 6.53. The summed E-state index contributed by atoms with van der Waals surface area (Å²) in [7, 11) is 0. The first-order valence-corrected chi connectivity index (χ1v) is 8.10. The van der Waals surface area contributed by atoms with Crippen molar-refractivity contribution in [3.05, 3.63) is 42.2 Å². The van der Waals surface area contributed by atoms with Crippen molar-refractivity contribution in [2.45, 2.75) is 18.9 Å². The summed E-state index contributed by atoms with van der Waals surface area (Å²) in [6.45, 7) is 3.26. The summed E-state index contributed by atoms with van der Waals surface area (Å²) in [5, 5.41) is 12.6. The molecule has 2 fully saturated rings. The third-order valence-electron chi connectivity index (χ3n) is 4.76. The van der Waals surface area contributed by atoms with Gasteiger partial charge in [0.05, 0.1) is 0 Å². The highest BCUT2D eigenvalue weighted by Crippen LogP contribution is 2.28. The standard InChI is InChI=1S/C18H20N2O3/c21-15-3-1-2-13(9-15)16-4-5-17(23-16)18(22)19-14-8-12-6-7-20(10-12)11-14/h1-5,9,12,14,21H,6-8,10-11H2,(H,19,22). The van der Waals surface area contributed by atoms with Crippen LogP contribution in [0.1, 0.15) is 23.4 Å². The normalized spacial score (nSPS) is 26.2. The lowest BCUT2D eigenvalue weighted by atomic mass is 9.97. The van der Waals surface area contributed by atoms with Gasteiger partial charge in [0.15, 0.2) is 5.76 Å². The topological polar surface area (TPSA) is 65.7 Å². The van der Waals surface area contributed by atoms with Gasteiger partial charge >= 0.3 is 0 Å². The van der Waals surface area contributed by atoms with Crippen molar-refractivity contribution in [1.29, 1.82) is 0 Å². The molecule has 120 valence electrons. The van der Waals surface area contributed by atoms with E-state index in [0.717, 1.165) is 25.1 Å². The molecular weight excluding hydrogens is 292 g/mol. The van der Waals surface area contributed by atoms with Crippen LogP contribution in [0.15, 0.2) is 40.8 Å². The molecular formula is C18H20N2O3. The van der Waals surface area contributed by atoms with E-state index in [1.165, 1.54) is 13.0 Å². The maximum absolute atomic E-state index is 12.4. The number of aromatic hydroxyl groups is 1. The lowest BCUT2D eigenvalue weighted by molar-refractivity contribution is 0.0882. The minimum atomic E-state index is -0.163. The first kappa shape index (κ1) is 14.3. The van der Waals surface area contributed by atoms with Gasteiger partial charge in [-0.2, -0.15) is 0 Å². The van der Waals surface area contributed by atoms with E-state index in [9.17, 15) is 9.90 Å². The van der Waals surface area contributed by atoms with Crippen LogP contribution < -0.4 is 5.32 Å². The molecule has 5 nitrogen and oxygen atoms in total. The summed E-state index contributed by atoms with van der Waals surface area (Å²) in [6.07, 6.45) is 2.30. The van der Waals surface area contributed by atoms with Crippen LogP contribution >= 0.6 is 0 Å². The number of benzene rings is 1. The molecule has 1 aromatic carbocycles. The molecule has 0 saturated carbocycles. The van der Waals surface area contributed by atoms with Gasteiger partial charge in [-0.1, -0.05) is 12.1 Å². The summed E-state index contributed by atoms with van der Waals surface area (Å²) in [5.41, 5.74) is 0.755. The number of phenolic OH excluding ortho intramolecular Hbond substituents is 1. The SMILES string of the molecule is O=C(NC1CC2CCN(C2)C1)c1ccc(-c2cccc(O)c2)o1. The average molecular weight is 312 g/mol. The quantitative estimate of drug-likeness (QED) is 0.914. The van der Waals surface area contributed by atoms with Crippen molar-refractivity contribution in [3.8, 4) is 17.1 Å². The molecule has 3 atom stereocenters. The number of hydrogen-bond acceptors (Lipinski definition) is 4. The monoisotopic (exact) mass is 312 g/mol. The molecule has 1 amide bonds. The van der Waals surface area contributed by atoms with Gasteiger partial charge in [0.25, 0.3) is 5.91 Å². The van der Waals surface area contributed by atoms with Crippen LogP contribution in [-0.2, 0) is 0 Å². The van der Waals surface area contributed by atoms with Gasteiger partial charge in [-0.15, -0.1) is 0 Å². The number of fused-ring (bicyclic) bond motifs is 2. The minimum absolute atomic E-state index is 0.163. The number of nitrogens with one attached hydrogen (secondary N) is 1. The van der Waals surface area contributed by atoms with Crippen molar-refractivity contribution in [1.82, 2.24) is 10.2 Å². The maximum Gasteiger partial charge on any atom is 0.287 e. The highest BCUT2D eigenvalue weighted by Gasteiger charge is 2.33. The van der Waals surface area contributed by atoms with Crippen LogP contribution in [0.5, 0.6) is 5.75 Å². The number of hydrogen-bond donors (Lipinski definition) is 2. The molecule has 2 aliphatic heterocycles. The molecule has 2 bridgehead atoms. The highest BCUT2D eigenvalue weighted by molar-refractivity contribution is 5.92. The second kappa shape index (κ2) is 5.74. The molecule has 2 N–H and O–H groups in total. The first-order chi connectivity index (χ1) is 11.2. The Bertz CT molecular complexity index is 713. The zero-order chi connectivity index (χ0) is 15.8. The molecule has 0 aliphatic carbocycles. The van der Waals surface area contributed by atoms with E-state index < -0.39 is 0 Å². The molecule has 23 heavy (non-hydrogen) atoms. The third-order valence-corrected chi connectivity index (χ3v) is 4.76. The Morgan fingerprint density at radius 3 is 3.00 bits per heavy atom. The zero-order valence-corrected chi connectivity index (χ0v) is 12.9. The lowest BCUT2D eigenvalue weighted by Crippen LogP contribution is -2.46. The number of nitrogens with zero attached hydrogens (tertiary/aromatic N) is 1. The van der Waals surface area contributed by atoms with E-state index in [-0.39, 0.29) is 17.7 Å². The molecule has 3 unspecified atom stereocenters. The van der Waals surface area contributed by atoms with Gasteiger partial charge in [0, 0.05) is 24.7 Å². The fourth-order valence-corrected chi connectivity index (χ4v) is 3.69. The van der Waals surface area contributed by atoms with Crippen molar-refractivity contribution in [2.24, 2.45) is 5.92 Å². The lowest BCUT2D eigenvalue weighted by Gasteiger charge is -2.30. The molecule has 0 radical (unpaired) electrons. The molecule has 3 heterocycles. The fourth-order valence-electron chi connectivity index (χ4n) is 3.69. The number of piperidine rings is 1. The Kier molecular flexibility index (Phi) is 3.58. The van der Waals surface area contributed by atoms with Crippen LogP contribution in [0, 0.1) is 5.92 Å². The molecule has 2 saturated heterocycles. The number of amides is 1. The molecule has 2 aromatic rings. The van der Waals surface area contributed by atoms with Crippen molar-refractivity contribution >= 4 is 5.91 Å². The Morgan fingerprint density at radius 2 is 2.17 bits per heavy atom. The van der Waals surface area contributed by atoms with Gasteiger partial charge in [0.2, 0.25) is 0 Å². The minimum Gasteiger partial charge on any atom is -0.508 e.